The van der Waals surface area contributed by atoms with Gasteiger partial charge in [-0.1, -0.05) is 11.3 Å². The molecule has 0 radical (unpaired) electrons. The lowest BCUT2D eigenvalue weighted by molar-refractivity contribution is -0.380. The third kappa shape index (κ3) is 3.78. The summed E-state index contributed by atoms with van der Waals surface area (Å²) in [6.45, 7) is 0.441. The first-order valence-electron chi connectivity index (χ1n) is 5.93. The van der Waals surface area contributed by atoms with Crippen LogP contribution in [0.4, 0.5) is 10.7 Å². The summed E-state index contributed by atoms with van der Waals surface area (Å²) in [5.41, 5.74) is 0.737. The minimum absolute atomic E-state index is 0.0993. The fraction of sp³-hybridized carbons (Fsp3) is 0.167. The van der Waals surface area contributed by atoms with Crippen LogP contribution in [0.1, 0.15) is 4.88 Å². The molecule has 0 aliphatic rings. The highest BCUT2D eigenvalue weighted by molar-refractivity contribution is 7.89. The lowest BCUT2D eigenvalue weighted by Crippen LogP contribution is -2.18. The summed E-state index contributed by atoms with van der Waals surface area (Å²) >= 11 is 1.10. The van der Waals surface area contributed by atoms with Gasteiger partial charge >= 0.3 is 5.00 Å². The zero-order chi connectivity index (χ0) is 15.5. The molecule has 0 fully saturated rings. The standard InChI is InChI=1S/C12H13N3O4S2/c1-13-21(18,19)11-5-2-9(3-6-11)14-8-10-4-7-12(20-10)15(16)17/h2-7,13-14H,8H2,1H3. The van der Waals surface area contributed by atoms with Gasteiger partial charge < -0.3 is 5.32 Å². The Balaban J connectivity index is 2.02. The number of nitro groups is 1. The van der Waals surface area contributed by atoms with Gasteiger partial charge in [-0.2, -0.15) is 0 Å². The number of nitrogens with zero attached hydrogens (tertiary/aromatic N) is 1. The van der Waals surface area contributed by atoms with Crippen LogP contribution in [-0.4, -0.2) is 20.4 Å². The Bertz CT molecular complexity index is 738. The van der Waals surface area contributed by atoms with Crippen LogP contribution in [0, 0.1) is 10.1 Å². The molecule has 0 amide bonds. The Morgan fingerprint density at radius 1 is 1.19 bits per heavy atom. The van der Waals surface area contributed by atoms with Gasteiger partial charge in [0.15, 0.2) is 0 Å². The fourth-order valence-electron chi connectivity index (χ4n) is 1.62. The zero-order valence-electron chi connectivity index (χ0n) is 11.1. The average Bonchev–Trinajstić information content (AvgIpc) is 2.95. The number of hydrogen-bond donors (Lipinski definition) is 2. The van der Waals surface area contributed by atoms with Crippen molar-refractivity contribution in [2.45, 2.75) is 11.4 Å². The van der Waals surface area contributed by atoms with Gasteiger partial charge in [0.2, 0.25) is 10.0 Å². The Kier molecular flexibility index (Phi) is 4.56. The van der Waals surface area contributed by atoms with Crippen molar-refractivity contribution in [2.75, 3.05) is 12.4 Å². The van der Waals surface area contributed by atoms with E-state index in [0.29, 0.717) is 6.54 Å². The van der Waals surface area contributed by atoms with E-state index in [1.165, 1.54) is 25.2 Å². The normalized spacial score (nSPS) is 11.3. The Labute approximate surface area is 125 Å². The van der Waals surface area contributed by atoms with Crippen LogP contribution in [-0.2, 0) is 16.6 Å². The van der Waals surface area contributed by atoms with E-state index in [1.54, 1.807) is 18.2 Å². The summed E-state index contributed by atoms with van der Waals surface area (Å²) in [4.78, 5) is 11.2. The molecule has 0 atom stereocenters. The lowest BCUT2D eigenvalue weighted by Gasteiger charge is -2.06. The molecule has 2 N–H and O–H groups in total. The number of anilines is 1. The molecular formula is C12H13N3O4S2. The van der Waals surface area contributed by atoms with Crippen LogP contribution < -0.4 is 10.0 Å². The molecule has 21 heavy (non-hydrogen) atoms. The molecule has 0 saturated carbocycles. The second-order valence-electron chi connectivity index (χ2n) is 4.08. The van der Waals surface area contributed by atoms with Crippen LogP contribution >= 0.6 is 11.3 Å². The molecule has 2 rings (SSSR count). The van der Waals surface area contributed by atoms with Crippen molar-refractivity contribution < 1.29 is 13.3 Å². The van der Waals surface area contributed by atoms with E-state index in [-0.39, 0.29) is 9.90 Å². The Morgan fingerprint density at radius 3 is 2.38 bits per heavy atom. The smallest absolute Gasteiger partial charge is 0.324 e. The van der Waals surface area contributed by atoms with Gasteiger partial charge in [0.05, 0.1) is 9.82 Å². The van der Waals surface area contributed by atoms with Crippen LogP contribution in [0.15, 0.2) is 41.3 Å². The van der Waals surface area contributed by atoms with E-state index in [2.05, 4.69) is 10.0 Å². The maximum Gasteiger partial charge on any atom is 0.324 e. The summed E-state index contributed by atoms with van der Waals surface area (Å²) in [6, 6.07) is 9.43. The highest BCUT2D eigenvalue weighted by atomic mass is 32.2. The SMILES string of the molecule is CNS(=O)(=O)c1ccc(NCc2ccc([N+](=O)[O-])s2)cc1. The van der Waals surface area contributed by atoms with Crippen LogP contribution in [0.5, 0.6) is 0 Å². The van der Waals surface area contributed by atoms with Crippen molar-refractivity contribution >= 4 is 32.0 Å². The maximum absolute atomic E-state index is 11.6. The molecule has 112 valence electrons. The summed E-state index contributed by atoms with van der Waals surface area (Å²) in [7, 11) is -2.09. The first-order valence-corrected chi connectivity index (χ1v) is 8.23. The van der Waals surface area contributed by atoms with Crippen molar-refractivity contribution in [2.24, 2.45) is 0 Å². The minimum Gasteiger partial charge on any atom is -0.380 e. The van der Waals surface area contributed by atoms with E-state index in [9.17, 15) is 18.5 Å². The number of benzene rings is 1. The third-order valence-corrected chi connectivity index (χ3v) is 5.19. The van der Waals surface area contributed by atoms with Crippen molar-refractivity contribution in [1.82, 2.24) is 4.72 Å². The molecule has 0 unspecified atom stereocenters. The van der Waals surface area contributed by atoms with Gasteiger partial charge in [0, 0.05) is 23.2 Å². The van der Waals surface area contributed by atoms with Gasteiger partial charge in [0.1, 0.15) is 0 Å². The average molecular weight is 327 g/mol. The van der Waals surface area contributed by atoms with E-state index in [4.69, 9.17) is 0 Å². The van der Waals surface area contributed by atoms with Crippen molar-refractivity contribution in [3.8, 4) is 0 Å². The van der Waals surface area contributed by atoms with Gasteiger partial charge in [-0.25, -0.2) is 13.1 Å². The van der Waals surface area contributed by atoms with Crippen LogP contribution in [0.2, 0.25) is 0 Å². The number of rotatable bonds is 6. The molecule has 1 aromatic carbocycles. The van der Waals surface area contributed by atoms with Gasteiger partial charge in [-0.3, -0.25) is 10.1 Å². The molecule has 0 aliphatic heterocycles. The number of nitrogens with one attached hydrogen (secondary N) is 2. The predicted molar refractivity (Wildman–Crippen MR) is 81.0 cm³/mol. The first-order chi connectivity index (χ1) is 9.92. The van der Waals surface area contributed by atoms with Gasteiger partial charge in [0.25, 0.3) is 0 Å². The van der Waals surface area contributed by atoms with Crippen molar-refractivity contribution in [3.63, 3.8) is 0 Å². The lowest BCUT2D eigenvalue weighted by atomic mass is 10.3. The molecule has 1 heterocycles. The monoisotopic (exact) mass is 327 g/mol. The van der Waals surface area contributed by atoms with E-state index >= 15 is 0 Å². The quantitative estimate of drug-likeness (QED) is 0.625. The highest BCUT2D eigenvalue weighted by Crippen LogP contribution is 2.24. The minimum atomic E-state index is -3.44. The fourth-order valence-corrected chi connectivity index (χ4v) is 3.11. The largest absolute Gasteiger partial charge is 0.380 e. The highest BCUT2D eigenvalue weighted by Gasteiger charge is 2.11. The number of hydrogen-bond acceptors (Lipinski definition) is 6. The van der Waals surface area contributed by atoms with Crippen molar-refractivity contribution in [1.29, 1.82) is 0 Å². The molecule has 0 saturated heterocycles. The van der Waals surface area contributed by atoms with Gasteiger partial charge in [-0.15, -0.1) is 0 Å². The summed E-state index contributed by atoms with van der Waals surface area (Å²) in [5, 5.41) is 13.8. The summed E-state index contributed by atoms with van der Waals surface area (Å²) in [6.07, 6.45) is 0. The number of thiophene rings is 1. The molecule has 9 heteroatoms. The zero-order valence-corrected chi connectivity index (χ0v) is 12.7. The Hall–Kier alpha value is -1.97. The molecule has 0 aliphatic carbocycles. The first kappa shape index (κ1) is 15.4. The predicted octanol–water partition coefficient (Wildman–Crippen LogP) is 2.18. The van der Waals surface area contributed by atoms with E-state index < -0.39 is 14.9 Å². The Morgan fingerprint density at radius 2 is 1.86 bits per heavy atom. The maximum atomic E-state index is 11.6. The van der Waals surface area contributed by atoms with Crippen LogP contribution in [0.3, 0.4) is 0 Å². The van der Waals surface area contributed by atoms with Gasteiger partial charge in [-0.05, 0) is 37.4 Å². The molecule has 0 bridgehead atoms. The topological polar surface area (TPSA) is 101 Å². The molecule has 2 aromatic rings. The summed E-state index contributed by atoms with van der Waals surface area (Å²) < 4.78 is 25.4. The van der Waals surface area contributed by atoms with E-state index in [0.717, 1.165) is 21.9 Å². The van der Waals surface area contributed by atoms with Crippen LogP contribution in [0.25, 0.3) is 0 Å². The van der Waals surface area contributed by atoms with Crippen molar-refractivity contribution in [3.05, 3.63) is 51.4 Å². The molecule has 0 spiro atoms. The number of sulfonamides is 1. The molecule has 7 nitrogen and oxygen atoms in total. The molecular weight excluding hydrogens is 314 g/mol. The summed E-state index contributed by atoms with van der Waals surface area (Å²) in [5.74, 6) is 0. The second kappa shape index (κ2) is 6.20. The second-order valence-corrected chi connectivity index (χ2v) is 7.12. The molecule has 1 aromatic heterocycles. The third-order valence-electron chi connectivity index (χ3n) is 2.73. The van der Waals surface area contributed by atoms with E-state index in [1.807, 2.05) is 0 Å².